The Hall–Kier alpha value is -7.46. The van der Waals surface area contributed by atoms with Crippen molar-refractivity contribution in [2.24, 2.45) is 0 Å². The van der Waals surface area contributed by atoms with Gasteiger partial charge < -0.3 is 9.80 Å². The van der Waals surface area contributed by atoms with Crippen LogP contribution in [0.5, 0.6) is 0 Å². The Balaban J connectivity index is 1.23. The maximum Gasteiger partial charge on any atom is 0.179 e. The van der Waals surface area contributed by atoms with E-state index in [0.717, 1.165) is 34.1 Å². The summed E-state index contributed by atoms with van der Waals surface area (Å²) in [5, 5.41) is 10.1. The number of nitrogens with zero attached hydrogens (tertiary/aromatic N) is 2. The molecule has 0 heterocycles. The van der Waals surface area contributed by atoms with Gasteiger partial charge in [0.2, 0.25) is 0 Å². The Morgan fingerprint density at radius 3 is 1.25 bits per heavy atom. The number of anilines is 6. The molecule has 0 aliphatic rings. The van der Waals surface area contributed by atoms with Crippen molar-refractivity contribution in [3.8, 4) is 0 Å². The van der Waals surface area contributed by atoms with Gasteiger partial charge in [-0.3, -0.25) is 0 Å². The first-order chi connectivity index (χ1) is 29.3. The maximum absolute atomic E-state index is 3.01. The van der Waals surface area contributed by atoms with Crippen LogP contribution in [0.25, 0.3) is 21.5 Å². The minimum Gasteiger partial charge on any atom is -0.310 e. The zero-order valence-electron chi connectivity index (χ0n) is 32.6. The summed E-state index contributed by atoms with van der Waals surface area (Å²) < 4.78 is 0. The van der Waals surface area contributed by atoms with E-state index in [0.29, 0.717) is 0 Å². The van der Waals surface area contributed by atoms with E-state index in [9.17, 15) is 0 Å². The molecule has 0 N–H and O–H groups in total. The van der Waals surface area contributed by atoms with Crippen molar-refractivity contribution in [2.45, 2.75) is 0 Å². The summed E-state index contributed by atoms with van der Waals surface area (Å²) in [7, 11) is -3.01. The predicted octanol–water partition coefficient (Wildman–Crippen LogP) is 12.3. The van der Waals surface area contributed by atoms with Crippen LogP contribution in [0.15, 0.2) is 255 Å². The number of para-hydroxylation sites is 2. The van der Waals surface area contributed by atoms with Crippen LogP contribution in [0, 0.1) is 0 Å². The monoisotopic (exact) mass is 770 g/mol. The summed E-state index contributed by atoms with van der Waals surface area (Å²) >= 11 is 0. The Morgan fingerprint density at radius 2 is 0.644 bits per heavy atom. The quantitative estimate of drug-likeness (QED) is 0.101. The lowest BCUT2D eigenvalue weighted by molar-refractivity contribution is 1.29. The van der Waals surface area contributed by atoms with Crippen LogP contribution in [0.3, 0.4) is 0 Å². The van der Waals surface area contributed by atoms with Gasteiger partial charge in [-0.25, -0.2) is 0 Å². The highest BCUT2D eigenvalue weighted by Crippen LogP contribution is 2.39. The van der Waals surface area contributed by atoms with Crippen LogP contribution in [0.4, 0.5) is 34.1 Å². The summed E-state index contributed by atoms with van der Waals surface area (Å²) in [6.45, 7) is 0. The van der Waals surface area contributed by atoms with E-state index in [1.165, 1.54) is 42.3 Å². The van der Waals surface area contributed by atoms with Crippen LogP contribution < -0.4 is 30.5 Å². The minimum absolute atomic E-state index is 1.11. The molecule has 10 rings (SSSR count). The van der Waals surface area contributed by atoms with E-state index in [4.69, 9.17) is 0 Å². The van der Waals surface area contributed by atoms with Crippen molar-refractivity contribution < 1.29 is 0 Å². The van der Waals surface area contributed by atoms with Crippen LogP contribution in [-0.2, 0) is 0 Å². The Morgan fingerprint density at radius 1 is 0.237 bits per heavy atom. The largest absolute Gasteiger partial charge is 0.310 e. The Labute approximate surface area is 347 Å². The molecule has 0 fully saturated rings. The predicted molar refractivity (Wildman–Crippen MR) is 254 cm³/mol. The molecule has 10 aromatic rings. The number of fused-ring (bicyclic) bond motifs is 2. The third kappa shape index (κ3) is 6.68. The van der Waals surface area contributed by atoms with Crippen molar-refractivity contribution in [3.05, 3.63) is 255 Å². The fraction of sp³-hybridized carbons (Fsp3) is 0. The molecule has 59 heavy (non-hydrogen) atoms. The lowest BCUT2D eigenvalue weighted by Crippen LogP contribution is -2.74. The normalized spacial score (nSPS) is 11.4. The lowest BCUT2D eigenvalue weighted by atomic mass is 10.1. The highest BCUT2D eigenvalue weighted by atomic mass is 28.3. The van der Waals surface area contributed by atoms with Crippen LogP contribution >= 0.6 is 0 Å². The number of rotatable bonds is 10. The first-order valence-corrected chi connectivity index (χ1v) is 22.3. The number of hydrogen-bond donors (Lipinski definition) is 0. The maximum atomic E-state index is 2.46. The van der Waals surface area contributed by atoms with E-state index >= 15 is 0 Å². The SMILES string of the molecule is c1ccc(N(c2cccc([Si](c3ccccc3)(c3ccccc3)c3cccc(N(c4ccccc4)c4cccc5ccccc45)c3)c2)c2ccc3ccccc3c2)cc1. The van der Waals surface area contributed by atoms with Gasteiger partial charge in [-0.1, -0.05) is 188 Å². The third-order valence-electron chi connectivity index (χ3n) is 11.5. The molecule has 0 amide bonds. The minimum atomic E-state index is -3.01. The molecule has 0 aromatic heterocycles. The van der Waals surface area contributed by atoms with Gasteiger partial charge in [0, 0.05) is 33.8 Å². The average molecular weight is 771 g/mol. The second-order valence-corrected chi connectivity index (χ2v) is 18.8. The molecule has 0 saturated carbocycles. The van der Waals surface area contributed by atoms with Gasteiger partial charge in [-0.15, -0.1) is 0 Å². The van der Waals surface area contributed by atoms with Gasteiger partial charge in [0.1, 0.15) is 0 Å². The molecule has 0 atom stereocenters. The van der Waals surface area contributed by atoms with E-state index < -0.39 is 8.07 Å². The van der Waals surface area contributed by atoms with Crippen molar-refractivity contribution in [2.75, 3.05) is 9.80 Å². The molecule has 0 aliphatic carbocycles. The van der Waals surface area contributed by atoms with E-state index in [-0.39, 0.29) is 0 Å². The van der Waals surface area contributed by atoms with Gasteiger partial charge in [0.05, 0.1) is 5.69 Å². The van der Waals surface area contributed by atoms with E-state index in [1.54, 1.807) is 0 Å². The average Bonchev–Trinajstić information content (AvgIpc) is 3.31. The molecular weight excluding hydrogens is 729 g/mol. The summed E-state index contributed by atoms with van der Waals surface area (Å²) in [6, 6.07) is 93.3. The zero-order valence-corrected chi connectivity index (χ0v) is 33.6. The molecule has 0 radical (unpaired) electrons. The Bertz CT molecular complexity index is 2960. The Kier molecular flexibility index (Phi) is 9.63. The first kappa shape index (κ1) is 35.9. The van der Waals surface area contributed by atoms with Gasteiger partial charge in [-0.05, 0) is 104 Å². The van der Waals surface area contributed by atoms with Gasteiger partial charge in [0.15, 0.2) is 8.07 Å². The second kappa shape index (κ2) is 15.8. The second-order valence-electron chi connectivity index (χ2n) is 15.0. The highest BCUT2D eigenvalue weighted by molar-refractivity contribution is 7.20. The van der Waals surface area contributed by atoms with Gasteiger partial charge >= 0.3 is 0 Å². The first-order valence-electron chi connectivity index (χ1n) is 20.3. The molecule has 3 heteroatoms. The molecule has 280 valence electrons. The van der Waals surface area contributed by atoms with Crippen LogP contribution in [-0.4, -0.2) is 8.07 Å². The molecule has 2 nitrogen and oxygen atoms in total. The standard InChI is InChI=1S/C56H42N2Si/c1-5-24-46(25-6-1)57(50-39-38-43-20-13-14-22-45(43)40-50)48-28-18-34-53(41-48)59(51-30-9-3-10-31-51,52-32-11-4-12-33-52)54-35-19-29-49(42-54)58(47-26-7-2-8-27-47)56-37-17-23-44-21-15-16-36-55(44)56/h1-42H. The van der Waals surface area contributed by atoms with Crippen LogP contribution in [0.1, 0.15) is 0 Å². The number of benzene rings is 10. The van der Waals surface area contributed by atoms with Crippen molar-refractivity contribution in [1.29, 1.82) is 0 Å². The van der Waals surface area contributed by atoms with Crippen molar-refractivity contribution in [1.82, 2.24) is 0 Å². The smallest absolute Gasteiger partial charge is 0.179 e. The fourth-order valence-corrected chi connectivity index (χ4v) is 13.7. The lowest BCUT2D eigenvalue weighted by Gasteiger charge is -2.36. The van der Waals surface area contributed by atoms with E-state index in [1.807, 2.05) is 0 Å². The molecule has 0 aliphatic heterocycles. The zero-order chi connectivity index (χ0) is 39.4. The highest BCUT2D eigenvalue weighted by Gasteiger charge is 2.42. The summed E-state index contributed by atoms with van der Waals surface area (Å²) in [6.07, 6.45) is 0. The topological polar surface area (TPSA) is 6.48 Å². The molecular formula is C56H42N2Si. The van der Waals surface area contributed by atoms with Crippen molar-refractivity contribution in [3.63, 3.8) is 0 Å². The van der Waals surface area contributed by atoms with E-state index in [2.05, 4.69) is 265 Å². The summed E-state index contributed by atoms with van der Waals surface area (Å²) in [5.74, 6) is 0. The third-order valence-corrected chi connectivity index (χ3v) is 16.3. The molecule has 0 bridgehead atoms. The molecule has 0 unspecified atom stereocenters. The van der Waals surface area contributed by atoms with Crippen LogP contribution in [0.2, 0.25) is 0 Å². The fourth-order valence-electron chi connectivity index (χ4n) is 8.88. The number of hydrogen-bond acceptors (Lipinski definition) is 2. The van der Waals surface area contributed by atoms with Gasteiger partial charge in [-0.2, -0.15) is 0 Å². The molecule has 10 aromatic carbocycles. The summed E-state index contributed by atoms with van der Waals surface area (Å²) in [4.78, 5) is 4.83. The summed E-state index contributed by atoms with van der Waals surface area (Å²) in [5.41, 5.74) is 6.73. The van der Waals surface area contributed by atoms with Crippen molar-refractivity contribution >= 4 is 84.5 Å². The molecule has 0 spiro atoms. The molecule has 0 saturated heterocycles. The van der Waals surface area contributed by atoms with Gasteiger partial charge in [0.25, 0.3) is 0 Å².